The van der Waals surface area contributed by atoms with E-state index in [1.807, 2.05) is 6.07 Å². The highest BCUT2D eigenvalue weighted by Crippen LogP contribution is 2.30. The Morgan fingerprint density at radius 1 is 1.28 bits per heavy atom. The average molecular weight is 345 g/mol. The van der Waals surface area contributed by atoms with Crippen molar-refractivity contribution in [1.29, 1.82) is 0 Å². The van der Waals surface area contributed by atoms with E-state index in [2.05, 4.69) is 46.7 Å². The van der Waals surface area contributed by atoms with E-state index < -0.39 is 0 Å². The monoisotopic (exact) mass is 345 g/mol. The number of hydrogen-bond donors (Lipinski definition) is 3. The summed E-state index contributed by atoms with van der Waals surface area (Å²) >= 11 is 0. The third kappa shape index (κ3) is 4.95. The predicted octanol–water partition coefficient (Wildman–Crippen LogP) is 2.50. The van der Waals surface area contributed by atoms with Gasteiger partial charge >= 0.3 is 6.03 Å². The first-order valence-corrected chi connectivity index (χ1v) is 9.54. The van der Waals surface area contributed by atoms with Crippen LogP contribution in [0.2, 0.25) is 0 Å². The van der Waals surface area contributed by atoms with Crippen molar-refractivity contribution >= 4 is 6.03 Å². The maximum absolute atomic E-state index is 12.1. The number of urea groups is 1. The molecule has 5 nitrogen and oxygen atoms in total. The summed E-state index contributed by atoms with van der Waals surface area (Å²) in [5.41, 5.74) is 1.33. The van der Waals surface area contributed by atoms with E-state index >= 15 is 0 Å². The number of rotatable bonds is 6. The highest BCUT2D eigenvalue weighted by Gasteiger charge is 2.36. The highest BCUT2D eigenvalue weighted by molar-refractivity contribution is 5.73. The number of hydrogen-bond acceptors (Lipinski definition) is 3. The molecule has 2 fully saturated rings. The van der Waals surface area contributed by atoms with E-state index in [9.17, 15) is 9.90 Å². The normalized spacial score (nSPS) is 29.7. The van der Waals surface area contributed by atoms with Gasteiger partial charge in [0.2, 0.25) is 0 Å². The number of nitrogens with one attached hydrogen (secondary N) is 2. The summed E-state index contributed by atoms with van der Waals surface area (Å²) in [5.74, 6) is 0.414. The Bertz CT molecular complexity index is 565. The second kappa shape index (κ2) is 8.19. The Kier molecular flexibility index (Phi) is 5.97. The maximum Gasteiger partial charge on any atom is 0.314 e. The van der Waals surface area contributed by atoms with Gasteiger partial charge in [-0.3, -0.25) is 4.90 Å². The molecular formula is C20H31N3O2. The molecule has 2 amide bonds. The van der Waals surface area contributed by atoms with Gasteiger partial charge in [0.1, 0.15) is 0 Å². The minimum absolute atomic E-state index is 0.0106. The molecule has 0 radical (unpaired) electrons. The highest BCUT2D eigenvalue weighted by atomic mass is 16.3. The summed E-state index contributed by atoms with van der Waals surface area (Å²) in [6, 6.07) is 10.4. The van der Waals surface area contributed by atoms with Crippen LogP contribution in [0.3, 0.4) is 0 Å². The number of benzene rings is 1. The molecule has 0 bridgehead atoms. The molecule has 1 saturated heterocycles. The third-order valence-electron chi connectivity index (χ3n) is 5.82. The van der Waals surface area contributed by atoms with E-state index in [-0.39, 0.29) is 17.7 Å². The number of likely N-dealkylation sites (tertiary alicyclic amines) is 1. The zero-order chi connectivity index (χ0) is 17.7. The first-order valence-electron chi connectivity index (χ1n) is 9.54. The molecule has 1 heterocycles. The molecule has 1 aliphatic carbocycles. The Labute approximate surface area is 150 Å². The Morgan fingerprint density at radius 3 is 2.80 bits per heavy atom. The van der Waals surface area contributed by atoms with E-state index in [1.165, 1.54) is 12.0 Å². The number of nitrogens with zero attached hydrogens (tertiary/aromatic N) is 1. The molecule has 0 aromatic heterocycles. The maximum atomic E-state index is 12.1. The quantitative estimate of drug-likeness (QED) is 0.742. The van der Waals surface area contributed by atoms with Gasteiger partial charge in [-0.2, -0.15) is 0 Å². The minimum atomic E-state index is -0.182. The van der Waals surface area contributed by atoms with Crippen LogP contribution in [0.15, 0.2) is 30.3 Å². The number of aliphatic hydroxyl groups is 1. The third-order valence-corrected chi connectivity index (χ3v) is 5.82. The lowest BCUT2D eigenvalue weighted by atomic mass is 9.98. The van der Waals surface area contributed by atoms with E-state index in [4.69, 9.17) is 0 Å². The van der Waals surface area contributed by atoms with Crippen LogP contribution in [-0.4, -0.2) is 47.3 Å². The summed E-state index contributed by atoms with van der Waals surface area (Å²) in [5, 5.41) is 15.6. The molecule has 0 spiro atoms. The molecule has 1 aromatic rings. The Morgan fingerprint density at radius 2 is 2.08 bits per heavy atom. The van der Waals surface area contributed by atoms with Crippen LogP contribution in [0.4, 0.5) is 4.79 Å². The van der Waals surface area contributed by atoms with Crippen molar-refractivity contribution in [2.24, 2.45) is 5.92 Å². The fraction of sp³-hybridized carbons (Fsp3) is 0.650. The van der Waals surface area contributed by atoms with Gasteiger partial charge in [-0.05, 0) is 57.1 Å². The summed E-state index contributed by atoms with van der Waals surface area (Å²) in [7, 11) is 0. The van der Waals surface area contributed by atoms with E-state index in [1.54, 1.807) is 0 Å². The van der Waals surface area contributed by atoms with Crippen molar-refractivity contribution in [1.82, 2.24) is 15.5 Å². The van der Waals surface area contributed by atoms with E-state index in [0.29, 0.717) is 19.0 Å². The van der Waals surface area contributed by atoms with Crippen LogP contribution in [0, 0.1) is 5.92 Å². The van der Waals surface area contributed by atoms with Crippen LogP contribution in [0.1, 0.15) is 44.6 Å². The number of amides is 2. The number of carbonyl (C=O) groups excluding carboxylic acids is 1. The van der Waals surface area contributed by atoms with Gasteiger partial charge in [0.15, 0.2) is 0 Å². The lowest BCUT2D eigenvalue weighted by molar-refractivity contribution is 0.145. The second-order valence-electron chi connectivity index (χ2n) is 7.90. The lowest BCUT2D eigenvalue weighted by Gasteiger charge is -2.35. The van der Waals surface area contributed by atoms with Gasteiger partial charge in [0.25, 0.3) is 0 Å². The molecule has 2 aliphatic rings. The van der Waals surface area contributed by atoms with Crippen molar-refractivity contribution in [3.8, 4) is 0 Å². The molecule has 1 aromatic carbocycles. The average Bonchev–Trinajstić information content (AvgIpc) is 3.19. The first-order chi connectivity index (χ1) is 12.0. The van der Waals surface area contributed by atoms with Crippen LogP contribution >= 0.6 is 0 Å². The molecule has 3 rings (SSSR count). The molecule has 25 heavy (non-hydrogen) atoms. The fourth-order valence-electron chi connectivity index (χ4n) is 4.16. The molecule has 0 unspecified atom stereocenters. The molecule has 5 heteroatoms. The minimum Gasteiger partial charge on any atom is -0.393 e. The van der Waals surface area contributed by atoms with Crippen LogP contribution in [0.25, 0.3) is 0 Å². The Balaban J connectivity index is 1.44. The molecule has 1 saturated carbocycles. The van der Waals surface area contributed by atoms with Crippen molar-refractivity contribution in [3.63, 3.8) is 0 Å². The fourth-order valence-corrected chi connectivity index (χ4v) is 4.16. The van der Waals surface area contributed by atoms with Gasteiger partial charge in [0, 0.05) is 25.2 Å². The number of carbonyl (C=O) groups is 1. The predicted molar refractivity (Wildman–Crippen MR) is 99.2 cm³/mol. The molecule has 138 valence electrons. The first kappa shape index (κ1) is 18.2. The van der Waals surface area contributed by atoms with Gasteiger partial charge < -0.3 is 15.7 Å². The summed E-state index contributed by atoms with van der Waals surface area (Å²) in [6.07, 6.45) is 4.77. The van der Waals surface area contributed by atoms with Gasteiger partial charge in [0.05, 0.1) is 6.10 Å². The van der Waals surface area contributed by atoms with Crippen LogP contribution in [-0.2, 0) is 6.54 Å². The van der Waals surface area contributed by atoms with Crippen molar-refractivity contribution < 1.29 is 9.90 Å². The van der Waals surface area contributed by atoms with E-state index in [0.717, 1.165) is 38.8 Å². The Hall–Kier alpha value is -1.59. The van der Waals surface area contributed by atoms with Crippen LogP contribution < -0.4 is 10.6 Å². The van der Waals surface area contributed by atoms with Crippen molar-refractivity contribution in [2.45, 2.75) is 57.2 Å². The largest absolute Gasteiger partial charge is 0.393 e. The standard InChI is InChI=1S/C20H31N3O2/c1-20(10-5-11-23(20)14-16-6-3-2-4-7-16)15-22-19(25)21-13-17-8-9-18(24)12-17/h2-4,6-7,17-18,24H,5,8-15H2,1H3,(H2,21,22,25)/t17-,18-,20-/m1/s1. The molecular weight excluding hydrogens is 314 g/mol. The lowest BCUT2D eigenvalue weighted by Crippen LogP contribution is -2.51. The zero-order valence-electron chi connectivity index (χ0n) is 15.2. The van der Waals surface area contributed by atoms with Crippen LogP contribution in [0.5, 0.6) is 0 Å². The zero-order valence-corrected chi connectivity index (χ0v) is 15.2. The molecule has 1 aliphatic heterocycles. The summed E-state index contributed by atoms with van der Waals surface area (Å²) in [4.78, 5) is 14.6. The smallest absolute Gasteiger partial charge is 0.314 e. The summed E-state index contributed by atoms with van der Waals surface area (Å²) in [6.45, 7) is 5.58. The van der Waals surface area contributed by atoms with Gasteiger partial charge in [-0.25, -0.2) is 4.79 Å². The van der Waals surface area contributed by atoms with Crippen molar-refractivity contribution in [3.05, 3.63) is 35.9 Å². The van der Waals surface area contributed by atoms with Gasteiger partial charge in [-0.1, -0.05) is 30.3 Å². The molecule has 3 N–H and O–H groups in total. The molecule has 3 atom stereocenters. The SMILES string of the molecule is C[C@]1(CNC(=O)NC[C@@H]2CC[C@@H](O)C2)CCCN1Cc1ccccc1. The second-order valence-corrected chi connectivity index (χ2v) is 7.90. The van der Waals surface area contributed by atoms with Crippen molar-refractivity contribution in [2.75, 3.05) is 19.6 Å². The number of aliphatic hydroxyl groups excluding tert-OH is 1. The van der Waals surface area contributed by atoms with Gasteiger partial charge in [-0.15, -0.1) is 0 Å². The topological polar surface area (TPSA) is 64.6 Å². The summed E-state index contributed by atoms with van der Waals surface area (Å²) < 4.78 is 0.